The molecule has 1 atom stereocenters. The highest BCUT2D eigenvalue weighted by Crippen LogP contribution is 2.26. The monoisotopic (exact) mass is 456 g/mol. The summed E-state index contributed by atoms with van der Waals surface area (Å²) in [6.45, 7) is 2.10. The highest BCUT2D eigenvalue weighted by atomic mass is 35.5. The zero-order chi connectivity index (χ0) is 22.8. The van der Waals surface area contributed by atoms with Crippen molar-refractivity contribution < 1.29 is 28.7 Å². The van der Waals surface area contributed by atoms with Gasteiger partial charge in [-0.05, 0) is 55.7 Å². The van der Waals surface area contributed by atoms with E-state index in [1.165, 1.54) is 18.2 Å². The first kappa shape index (κ1) is 22.0. The van der Waals surface area contributed by atoms with Gasteiger partial charge < -0.3 is 14.8 Å². The number of benzene rings is 2. The Morgan fingerprint density at radius 2 is 1.94 bits per heavy atom. The number of ether oxygens (including phenoxy) is 2. The Kier molecular flexibility index (Phi) is 6.25. The Balaban J connectivity index is 1.39. The molecule has 0 spiro atoms. The number of hydrogen-bond donors (Lipinski definition) is 1. The Bertz CT molecular complexity index is 1110. The van der Waals surface area contributed by atoms with Crippen molar-refractivity contribution in [3.63, 3.8) is 0 Å². The fourth-order valence-corrected chi connectivity index (χ4v) is 3.88. The molecule has 32 heavy (non-hydrogen) atoms. The van der Waals surface area contributed by atoms with Crippen LogP contribution in [0.5, 0.6) is 0 Å². The van der Waals surface area contributed by atoms with Crippen molar-refractivity contribution in [1.29, 1.82) is 0 Å². The molecule has 166 valence electrons. The molecule has 0 unspecified atom stereocenters. The van der Waals surface area contributed by atoms with Crippen LogP contribution in [-0.4, -0.2) is 54.5 Å². The minimum absolute atomic E-state index is 0.0793. The van der Waals surface area contributed by atoms with E-state index in [1.807, 2.05) is 6.92 Å². The molecule has 2 aliphatic heterocycles. The molecule has 1 fully saturated rings. The standard InChI is InChI=1S/C23H21ClN2O6/c1-13-4-6-15(24)10-19(13)25-20(27)12-32-23(30)14-5-7-17-18(9-14)22(29)26(21(17)28)11-16-3-2-8-31-16/h4-7,9-10,16H,2-3,8,11-12H2,1H3,(H,25,27)/t16-/m0/s1. The molecule has 0 aliphatic carbocycles. The van der Waals surface area contributed by atoms with Gasteiger partial charge in [0.2, 0.25) is 0 Å². The van der Waals surface area contributed by atoms with Crippen LogP contribution in [0.2, 0.25) is 5.02 Å². The molecule has 2 heterocycles. The average molecular weight is 457 g/mol. The van der Waals surface area contributed by atoms with E-state index in [-0.39, 0.29) is 29.3 Å². The highest BCUT2D eigenvalue weighted by molar-refractivity contribution is 6.31. The van der Waals surface area contributed by atoms with Crippen LogP contribution in [-0.2, 0) is 14.3 Å². The number of fused-ring (bicyclic) bond motifs is 1. The largest absolute Gasteiger partial charge is 0.452 e. The zero-order valence-corrected chi connectivity index (χ0v) is 18.1. The van der Waals surface area contributed by atoms with Crippen molar-refractivity contribution in [3.8, 4) is 0 Å². The van der Waals surface area contributed by atoms with E-state index >= 15 is 0 Å². The second-order valence-electron chi connectivity index (χ2n) is 7.70. The number of carbonyl (C=O) groups is 4. The van der Waals surface area contributed by atoms with Crippen molar-refractivity contribution >= 4 is 41.0 Å². The molecule has 0 saturated carbocycles. The molecule has 2 aliphatic rings. The summed E-state index contributed by atoms with van der Waals surface area (Å²) in [6.07, 6.45) is 1.53. The second-order valence-corrected chi connectivity index (χ2v) is 8.14. The van der Waals surface area contributed by atoms with Crippen LogP contribution < -0.4 is 5.32 Å². The Morgan fingerprint density at radius 3 is 2.69 bits per heavy atom. The highest BCUT2D eigenvalue weighted by Gasteiger charge is 2.38. The third kappa shape index (κ3) is 4.51. The lowest BCUT2D eigenvalue weighted by Crippen LogP contribution is -2.36. The van der Waals surface area contributed by atoms with E-state index in [0.717, 1.165) is 23.3 Å². The maximum atomic E-state index is 12.7. The topological polar surface area (TPSA) is 102 Å². The molecule has 8 nitrogen and oxygen atoms in total. The molecule has 9 heteroatoms. The van der Waals surface area contributed by atoms with Gasteiger partial charge in [-0.3, -0.25) is 19.3 Å². The number of aryl methyl sites for hydroxylation is 1. The molecule has 0 radical (unpaired) electrons. The number of nitrogens with zero attached hydrogens (tertiary/aromatic N) is 1. The van der Waals surface area contributed by atoms with Crippen LogP contribution in [0.1, 0.15) is 49.5 Å². The lowest BCUT2D eigenvalue weighted by molar-refractivity contribution is -0.119. The summed E-state index contributed by atoms with van der Waals surface area (Å²) in [7, 11) is 0. The number of halogens is 1. The van der Waals surface area contributed by atoms with E-state index in [4.69, 9.17) is 21.1 Å². The minimum atomic E-state index is -0.774. The molecule has 3 amide bonds. The fraction of sp³-hybridized carbons (Fsp3) is 0.304. The van der Waals surface area contributed by atoms with Crippen molar-refractivity contribution in [3.05, 3.63) is 63.7 Å². The summed E-state index contributed by atoms with van der Waals surface area (Å²) in [6, 6.07) is 9.22. The predicted molar refractivity (Wildman–Crippen MR) is 116 cm³/mol. The van der Waals surface area contributed by atoms with Crippen molar-refractivity contribution in [2.75, 3.05) is 25.1 Å². The first-order chi connectivity index (χ1) is 15.3. The number of hydrogen-bond acceptors (Lipinski definition) is 6. The molecule has 0 aromatic heterocycles. The van der Waals surface area contributed by atoms with Gasteiger partial charge in [-0.1, -0.05) is 17.7 Å². The van der Waals surface area contributed by atoms with Gasteiger partial charge in [-0.15, -0.1) is 0 Å². The molecule has 4 rings (SSSR count). The van der Waals surface area contributed by atoms with E-state index in [0.29, 0.717) is 17.3 Å². The lowest BCUT2D eigenvalue weighted by Gasteiger charge is -2.17. The number of nitrogens with one attached hydrogen (secondary N) is 1. The van der Waals surface area contributed by atoms with Crippen molar-refractivity contribution in [1.82, 2.24) is 4.90 Å². The summed E-state index contributed by atoms with van der Waals surface area (Å²) in [5.41, 5.74) is 1.78. The van der Waals surface area contributed by atoms with Gasteiger partial charge in [-0.2, -0.15) is 0 Å². The fourth-order valence-electron chi connectivity index (χ4n) is 3.71. The summed E-state index contributed by atoms with van der Waals surface area (Å²) in [4.78, 5) is 51.0. The van der Waals surface area contributed by atoms with E-state index in [1.54, 1.807) is 18.2 Å². The van der Waals surface area contributed by atoms with Gasteiger partial charge in [0, 0.05) is 17.3 Å². The van der Waals surface area contributed by atoms with Gasteiger partial charge in [-0.25, -0.2) is 4.79 Å². The third-order valence-electron chi connectivity index (χ3n) is 5.42. The first-order valence-corrected chi connectivity index (χ1v) is 10.6. The Labute approximate surface area is 189 Å². The van der Waals surface area contributed by atoms with Gasteiger partial charge in [0.05, 0.1) is 29.3 Å². The van der Waals surface area contributed by atoms with E-state index in [2.05, 4.69) is 5.32 Å². The number of amides is 3. The van der Waals surface area contributed by atoms with Crippen LogP contribution in [0.4, 0.5) is 5.69 Å². The van der Waals surface area contributed by atoms with E-state index in [9.17, 15) is 19.2 Å². The van der Waals surface area contributed by atoms with Gasteiger partial charge in [0.25, 0.3) is 17.7 Å². The predicted octanol–water partition coefficient (Wildman–Crippen LogP) is 3.22. The van der Waals surface area contributed by atoms with Gasteiger partial charge in [0.1, 0.15) is 0 Å². The molecule has 2 aromatic carbocycles. The Hall–Kier alpha value is -3.23. The number of rotatable bonds is 6. The normalized spacial score (nSPS) is 17.4. The lowest BCUT2D eigenvalue weighted by atomic mass is 10.1. The van der Waals surface area contributed by atoms with Crippen LogP contribution >= 0.6 is 11.6 Å². The van der Waals surface area contributed by atoms with Crippen LogP contribution in [0, 0.1) is 6.92 Å². The molecule has 0 bridgehead atoms. The molecule has 1 saturated heterocycles. The number of imide groups is 1. The number of anilines is 1. The van der Waals surface area contributed by atoms with E-state index < -0.39 is 30.3 Å². The summed E-state index contributed by atoms with van der Waals surface area (Å²) >= 11 is 5.94. The number of esters is 1. The summed E-state index contributed by atoms with van der Waals surface area (Å²) in [5.74, 6) is -2.18. The Morgan fingerprint density at radius 1 is 1.16 bits per heavy atom. The average Bonchev–Trinajstić information content (AvgIpc) is 3.37. The smallest absolute Gasteiger partial charge is 0.338 e. The molecular formula is C23H21ClN2O6. The summed E-state index contributed by atoms with van der Waals surface area (Å²) < 4.78 is 10.6. The minimum Gasteiger partial charge on any atom is -0.452 e. The SMILES string of the molecule is Cc1ccc(Cl)cc1NC(=O)COC(=O)c1ccc2c(c1)C(=O)N(C[C@@H]1CCCO1)C2=O. The van der Waals surface area contributed by atoms with Crippen LogP contribution in [0.3, 0.4) is 0 Å². The zero-order valence-electron chi connectivity index (χ0n) is 17.4. The van der Waals surface area contributed by atoms with Gasteiger partial charge >= 0.3 is 5.97 Å². The molecule has 1 N–H and O–H groups in total. The maximum Gasteiger partial charge on any atom is 0.338 e. The molecular weight excluding hydrogens is 436 g/mol. The maximum absolute atomic E-state index is 12.7. The van der Waals surface area contributed by atoms with Crippen LogP contribution in [0.25, 0.3) is 0 Å². The third-order valence-corrected chi connectivity index (χ3v) is 5.66. The summed E-state index contributed by atoms with van der Waals surface area (Å²) in [5, 5.41) is 3.10. The van der Waals surface area contributed by atoms with Crippen molar-refractivity contribution in [2.24, 2.45) is 0 Å². The van der Waals surface area contributed by atoms with Gasteiger partial charge in [0.15, 0.2) is 6.61 Å². The van der Waals surface area contributed by atoms with Crippen molar-refractivity contribution in [2.45, 2.75) is 25.9 Å². The quantitative estimate of drug-likeness (QED) is 0.529. The molecule has 2 aromatic rings. The number of carbonyl (C=O) groups excluding carboxylic acids is 4. The van der Waals surface area contributed by atoms with Crippen LogP contribution in [0.15, 0.2) is 36.4 Å². The first-order valence-electron chi connectivity index (χ1n) is 10.2. The second kappa shape index (κ2) is 9.10.